The molecule has 0 atom stereocenters. The molecule has 0 spiro atoms. The van der Waals surface area contributed by atoms with E-state index in [-0.39, 0.29) is 0 Å². The van der Waals surface area contributed by atoms with Crippen LogP contribution in [0.15, 0.2) is 86.0 Å². The summed E-state index contributed by atoms with van der Waals surface area (Å²) in [6, 6.07) is 14.2. The van der Waals surface area contributed by atoms with Crippen molar-refractivity contribution in [2.45, 2.75) is 0 Å². The topological polar surface area (TPSA) is 52.6 Å². The smallest absolute Gasteiger partial charge is 0.335 e. The van der Waals surface area contributed by atoms with Crippen molar-refractivity contribution < 1.29 is 19.1 Å². The summed E-state index contributed by atoms with van der Waals surface area (Å²) < 4.78 is 10.4. The first-order valence-electron chi connectivity index (χ1n) is 8.30. The molecule has 0 saturated carbocycles. The second-order valence-electron chi connectivity index (χ2n) is 5.40. The molecule has 2 aromatic rings. The lowest BCUT2D eigenvalue weighted by Gasteiger charge is -2.05. The second-order valence-corrected chi connectivity index (χ2v) is 5.87. The Kier molecular flexibility index (Phi) is 7.81. The lowest BCUT2D eigenvalue weighted by atomic mass is 10.1. The molecule has 0 saturated heterocycles. The summed E-state index contributed by atoms with van der Waals surface area (Å²) in [5, 5.41) is 0. The minimum Gasteiger partial charge on any atom is -0.423 e. The zero-order valence-corrected chi connectivity index (χ0v) is 15.9. The quantitative estimate of drug-likeness (QED) is 0.276. The molecule has 0 aliphatic rings. The van der Waals surface area contributed by atoms with Gasteiger partial charge in [-0.15, -0.1) is 0 Å². The maximum Gasteiger partial charge on any atom is 0.335 e. The number of esters is 2. The number of carbonyl (C=O) groups is 2. The second kappa shape index (κ2) is 10.5. The van der Waals surface area contributed by atoms with Crippen molar-refractivity contribution in [2.24, 2.45) is 0 Å². The van der Waals surface area contributed by atoms with Gasteiger partial charge in [0.15, 0.2) is 0 Å². The Bertz CT molecular complexity index is 893. The molecule has 2 aromatic carbocycles. The maximum atomic E-state index is 11.4. The molecule has 140 valence electrons. The molecule has 0 heterocycles. The van der Waals surface area contributed by atoms with Crippen molar-refractivity contribution in [1.82, 2.24) is 0 Å². The number of hydrogen-bond acceptors (Lipinski definition) is 5. The van der Waals surface area contributed by atoms with Crippen LogP contribution in [0, 0.1) is 0 Å². The molecule has 0 amide bonds. The van der Waals surface area contributed by atoms with E-state index in [1.165, 1.54) is 0 Å². The predicted molar refractivity (Wildman–Crippen MR) is 115 cm³/mol. The number of rotatable bonds is 8. The molecular formula is C23H18O4S. The van der Waals surface area contributed by atoms with Gasteiger partial charge in [0.25, 0.3) is 0 Å². The van der Waals surface area contributed by atoms with Gasteiger partial charge in [-0.25, -0.2) is 9.59 Å². The largest absolute Gasteiger partial charge is 0.423 e. The number of carbonyl (C=O) groups excluding carboxylic acids is 2. The van der Waals surface area contributed by atoms with E-state index in [1.807, 2.05) is 12.1 Å². The van der Waals surface area contributed by atoms with Crippen LogP contribution < -0.4 is 9.47 Å². The molecule has 4 nitrogen and oxygen atoms in total. The van der Waals surface area contributed by atoms with Crippen LogP contribution in [0.2, 0.25) is 0 Å². The van der Waals surface area contributed by atoms with Gasteiger partial charge in [-0.1, -0.05) is 61.8 Å². The number of allylic oxidation sites excluding steroid dienone is 2. The average molecular weight is 390 g/mol. The Morgan fingerprint density at radius 3 is 1.54 bits per heavy atom. The molecule has 0 aliphatic heterocycles. The first-order chi connectivity index (χ1) is 13.5. The molecule has 0 N–H and O–H groups in total. The van der Waals surface area contributed by atoms with Crippen molar-refractivity contribution in [1.29, 1.82) is 0 Å². The third-order valence-corrected chi connectivity index (χ3v) is 3.72. The molecule has 5 heteroatoms. The minimum absolute atomic E-state index is 0.414. The number of hydrogen-bond donors (Lipinski definition) is 0. The van der Waals surface area contributed by atoms with Crippen molar-refractivity contribution in [2.75, 3.05) is 0 Å². The fourth-order valence-electron chi connectivity index (χ4n) is 2.12. The molecule has 0 unspecified atom stereocenters. The van der Waals surface area contributed by atoms with Crippen molar-refractivity contribution >= 4 is 41.2 Å². The monoisotopic (exact) mass is 390 g/mol. The van der Waals surface area contributed by atoms with Crippen LogP contribution in [0.4, 0.5) is 0 Å². The van der Waals surface area contributed by atoms with E-state index in [9.17, 15) is 9.59 Å². The maximum absolute atomic E-state index is 11.4. The summed E-state index contributed by atoms with van der Waals surface area (Å²) >= 11 is 5.34. The van der Waals surface area contributed by atoms with Crippen LogP contribution >= 0.6 is 12.2 Å². The summed E-state index contributed by atoms with van der Waals surface area (Å²) in [5.41, 5.74) is 1.41. The highest BCUT2D eigenvalue weighted by Gasteiger charge is 2.05. The Balaban J connectivity index is 2.13. The van der Waals surface area contributed by atoms with Crippen molar-refractivity contribution in [3.05, 3.63) is 97.1 Å². The summed E-state index contributed by atoms with van der Waals surface area (Å²) in [6.45, 7) is 6.77. The first-order valence-corrected chi connectivity index (χ1v) is 8.71. The first kappa shape index (κ1) is 20.7. The highest BCUT2D eigenvalue weighted by molar-refractivity contribution is 7.81. The molecule has 28 heavy (non-hydrogen) atoms. The Labute approximate surface area is 169 Å². The minimum atomic E-state index is -0.533. The summed E-state index contributed by atoms with van der Waals surface area (Å²) in [7, 11) is 0. The van der Waals surface area contributed by atoms with Gasteiger partial charge >= 0.3 is 11.9 Å². The fraction of sp³-hybridized carbons (Fsp3) is 0. The van der Waals surface area contributed by atoms with E-state index in [4.69, 9.17) is 21.7 Å². The van der Waals surface area contributed by atoms with Crippen LogP contribution in [0.3, 0.4) is 0 Å². The van der Waals surface area contributed by atoms with Gasteiger partial charge in [0, 0.05) is 28.1 Å². The Morgan fingerprint density at radius 2 is 1.14 bits per heavy atom. The van der Waals surface area contributed by atoms with Gasteiger partial charge in [0.05, 0.1) is 0 Å². The van der Waals surface area contributed by atoms with Crippen LogP contribution in [-0.2, 0) is 9.59 Å². The van der Waals surface area contributed by atoms with E-state index < -0.39 is 11.9 Å². The van der Waals surface area contributed by atoms with E-state index in [0.29, 0.717) is 27.5 Å². The molecule has 0 radical (unpaired) electrons. The standard InChI is InChI=1S/C23H18O4S/c1-3-22(24)26-20-11-7-5-9-17(20)13-15-19(28)16-14-18-10-6-8-12-21(18)27-23(25)4-2/h3-16H,1-2H2/b15-13+,16-14+. The van der Waals surface area contributed by atoms with E-state index in [2.05, 4.69) is 13.2 Å². The average Bonchev–Trinajstić information content (AvgIpc) is 2.72. The molecule has 0 bridgehead atoms. The molecule has 0 fully saturated rings. The van der Waals surface area contributed by atoms with E-state index in [0.717, 1.165) is 12.2 Å². The molecule has 2 rings (SSSR count). The van der Waals surface area contributed by atoms with Crippen LogP contribution in [-0.4, -0.2) is 16.8 Å². The number of thiocarbonyl (C=S) groups is 1. The Hall–Kier alpha value is -3.57. The van der Waals surface area contributed by atoms with Gasteiger partial charge < -0.3 is 9.47 Å². The number of para-hydroxylation sites is 2. The van der Waals surface area contributed by atoms with Gasteiger partial charge in [0.2, 0.25) is 0 Å². The third kappa shape index (κ3) is 6.30. The summed E-state index contributed by atoms with van der Waals surface area (Å²) in [4.78, 5) is 23.4. The molecule has 0 aliphatic carbocycles. The summed E-state index contributed by atoms with van der Waals surface area (Å²) in [5.74, 6) is -0.239. The normalized spacial score (nSPS) is 10.6. The fourth-order valence-corrected chi connectivity index (χ4v) is 2.26. The zero-order chi connectivity index (χ0) is 20.4. The zero-order valence-electron chi connectivity index (χ0n) is 15.0. The highest BCUT2D eigenvalue weighted by atomic mass is 32.1. The van der Waals surface area contributed by atoms with Crippen molar-refractivity contribution in [3.8, 4) is 11.5 Å². The summed E-state index contributed by atoms with van der Waals surface area (Å²) in [6.07, 6.45) is 9.13. The third-order valence-electron chi connectivity index (χ3n) is 3.45. The van der Waals surface area contributed by atoms with Crippen LogP contribution in [0.25, 0.3) is 12.2 Å². The van der Waals surface area contributed by atoms with Gasteiger partial charge in [-0.05, 0) is 36.4 Å². The van der Waals surface area contributed by atoms with E-state index >= 15 is 0 Å². The Morgan fingerprint density at radius 1 is 0.750 bits per heavy atom. The lowest BCUT2D eigenvalue weighted by molar-refractivity contribution is -0.129. The van der Waals surface area contributed by atoms with Crippen LogP contribution in [0.1, 0.15) is 11.1 Å². The number of benzene rings is 2. The van der Waals surface area contributed by atoms with Crippen LogP contribution in [0.5, 0.6) is 11.5 Å². The van der Waals surface area contributed by atoms with Gasteiger partial charge in [-0.2, -0.15) is 0 Å². The highest BCUT2D eigenvalue weighted by Crippen LogP contribution is 2.21. The predicted octanol–water partition coefficient (Wildman–Crippen LogP) is 4.97. The molecular weight excluding hydrogens is 372 g/mol. The van der Waals surface area contributed by atoms with Crippen molar-refractivity contribution in [3.63, 3.8) is 0 Å². The van der Waals surface area contributed by atoms with Gasteiger partial charge in [0.1, 0.15) is 11.5 Å². The van der Waals surface area contributed by atoms with Gasteiger partial charge in [-0.3, -0.25) is 0 Å². The SMILES string of the molecule is C=CC(=O)Oc1ccccc1/C=C/C(=S)/C=C/c1ccccc1OC(=O)C=C. The van der Waals surface area contributed by atoms with E-state index in [1.54, 1.807) is 60.7 Å². The lowest BCUT2D eigenvalue weighted by Crippen LogP contribution is -2.04. The number of ether oxygens (including phenoxy) is 2. The molecule has 0 aromatic heterocycles.